The molecular formula is C40H63N5O6. The highest BCUT2D eigenvalue weighted by molar-refractivity contribution is 5.81. The zero-order valence-electron chi connectivity index (χ0n) is 32.4. The molecule has 0 saturated heterocycles. The summed E-state index contributed by atoms with van der Waals surface area (Å²) in [7, 11) is 0. The van der Waals surface area contributed by atoms with Gasteiger partial charge in [-0.1, -0.05) is 51.9 Å². The Labute approximate surface area is 304 Å². The normalized spacial score (nSPS) is 39.8. The Kier molecular flexibility index (Phi) is 9.74. The van der Waals surface area contributed by atoms with Crippen molar-refractivity contribution in [1.29, 1.82) is 0 Å². The van der Waals surface area contributed by atoms with Crippen LogP contribution in [0, 0.1) is 62.1 Å². The van der Waals surface area contributed by atoms with Gasteiger partial charge in [0.1, 0.15) is 12.6 Å². The van der Waals surface area contributed by atoms with E-state index in [1.165, 1.54) is 44.1 Å². The van der Waals surface area contributed by atoms with E-state index in [0.29, 0.717) is 42.1 Å². The molecule has 11 nitrogen and oxygen atoms in total. The molecule has 0 spiro atoms. The molecule has 5 aliphatic carbocycles. The highest BCUT2D eigenvalue weighted by Gasteiger charge is 2.71. The predicted octanol–water partition coefficient (Wildman–Crippen LogP) is 7.62. The lowest BCUT2D eigenvalue weighted by atomic mass is 9.32. The summed E-state index contributed by atoms with van der Waals surface area (Å²) in [5, 5.41) is 25.9. The van der Waals surface area contributed by atoms with Gasteiger partial charge in [-0.2, -0.15) is 0 Å². The number of hydrogen-bond acceptors (Lipinski definition) is 9. The Hall–Kier alpha value is -2.98. The van der Waals surface area contributed by atoms with Crippen molar-refractivity contribution in [3.63, 3.8) is 0 Å². The van der Waals surface area contributed by atoms with Gasteiger partial charge in [0.15, 0.2) is 0 Å². The number of nitrogens with zero attached hydrogens (tertiary/aromatic N) is 3. The molecule has 0 amide bonds. The standard InChI is InChI=1S/C40H63N5O6/c1-24(2)25-12-17-40(20-21-50-31(47)23-41-34-42-44-45-43-34)19-18-38(8)26(32(25)40)10-11-28-37(7)15-14-29(51-30(46)22-35(3,4)33(48)49)36(5,6)27(37)13-16-39(28,38)9/h25-29,32H,1,10-23H2,2-9H3,(H,48,49)(H2,41,42,43,44,45)/t25?,26-,27+,28-,29+,32-,37+,38-,39-,40-/m1/s1. The fraction of sp³-hybridized carbons (Fsp3) is 0.850. The van der Waals surface area contributed by atoms with Crippen molar-refractivity contribution in [2.75, 3.05) is 18.5 Å². The molecule has 0 bridgehead atoms. The minimum atomic E-state index is -1.15. The number of nitrogens with one attached hydrogen (secondary N) is 2. The van der Waals surface area contributed by atoms with Crippen LogP contribution in [0.4, 0.5) is 5.95 Å². The smallest absolute Gasteiger partial charge is 0.325 e. The molecule has 3 N–H and O–H groups in total. The summed E-state index contributed by atoms with van der Waals surface area (Å²) < 4.78 is 12.0. The van der Waals surface area contributed by atoms with Crippen LogP contribution in [-0.4, -0.2) is 62.9 Å². The average Bonchev–Trinajstić information content (AvgIpc) is 3.70. The van der Waals surface area contributed by atoms with Crippen LogP contribution in [-0.2, 0) is 23.9 Å². The first-order valence-electron chi connectivity index (χ1n) is 19.5. The number of carboxylic acids is 1. The highest BCUT2D eigenvalue weighted by atomic mass is 16.5. The third-order valence-corrected chi connectivity index (χ3v) is 16.2. The molecule has 5 saturated carbocycles. The first-order valence-corrected chi connectivity index (χ1v) is 19.5. The fourth-order valence-corrected chi connectivity index (χ4v) is 13.3. The number of carbonyl (C=O) groups is 3. The molecule has 1 heterocycles. The zero-order valence-corrected chi connectivity index (χ0v) is 32.4. The zero-order chi connectivity index (χ0) is 37.2. The number of fused-ring (bicyclic) bond motifs is 7. The Morgan fingerprint density at radius 1 is 0.941 bits per heavy atom. The minimum absolute atomic E-state index is 0.0186. The van der Waals surface area contributed by atoms with Crippen LogP contribution >= 0.6 is 0 Å². The molecule has 1 aromatic rings. The fourth-order valence-electron chi connectivity index (χ4n) is 13.3. The van der Waals surface area contributed by atoms with E-state index in [-0.39, 0.29) is 52.1 Å². The molecule has 5 fully saturated rings. The number of ether oxygens (including phenoxy) is 2. The second kappa shape index (κ2) is 13.2. The van der Waals surface area contributed by atoms with E-state index in [9.17, 15) is 19.5 Å². The number of tetrazole rings is 1. The number of aromatic nitrogens is 4. The lowest BCUT2D eigenvalue weighted by Gasteiger charge is -2.73. The molecule has 1 unspecified atom stereocenters. The van der Waals surface area contributed by atoms with Crippen LogP contribution in [0.1, 0.15) is 132 Å². The Balaban J connectivity index is 1.18. The molecule has 10 atom stereocenters. The van der Waals surface area contributed by atoms with Crippen LogP contribution in [0.3, 0.4) is 0 Å². The van der Waals surface area contributed by atoms with Gasteiger partial charge in [0.2, 0.25) is 5.95 Å². The molecule has 51 heavy (non-hydrogen) atoms. The molecule has 11 heteroatoms. The van der Waals surface area contributed by atoms with E-state index in [2.05, 4.69) is 74.1 Å². The van der Waals surface area contributed by atoms with Gasteiger partial charge in [-0.05, 0) is 153 Å². The molecule has 1 aromatic heterocycles. The number of rotatable bonds is 11. The topological polar surface area (TPSA) is 156 Å². The minimum Gasteiger partial charge on any atom is -0.481 e. The highest BCUT2D eigenvalue weighted by Crippen LogP contribution is 2.78. The SMILES string of the molecule is C=C(C)C1CC[C@]2(CCOC(=O)CNc3nnn[nH]3)CC[C@]3(C)[C@H](CC[C@@H]4[C@@]5(C)CC[C@H](OC(=O)CC(C)(C)C(=O)O)C(C)(C)[C@@H]5CC[C@]43C)[C@@H]12. The van der Waals surface area contributed by atoms with E-state index in [4.69, 9.17) is 9.47 Å². The molecule has 284 valence electrons. The van der Waals surface area contributed by atoms with Crippen molar-refractivity contribution in [3.8, 4) is 0 Å². The van der Waals surface area contributed by atoms with Crippen molar-refractivity contribution in [2.24, 2.45) is 62.1 Å². The maximum Gasteiger partial charge on any atom is 0.325 e. The molecule has 0 aliphatic heterocycles. The van der Waals surface area contributed by atoms with Gasteiger partial charge in [-0.25, -0.2) is 5.10 Å². The van der Waals surface area contributed by atoms with Crippen molar-refractivity contribution in [2.45, 2.75) is 139 Å². The maximum atomic E-state index is 13.1. The summed E-state index contributed by atoms with van der Waals surface area (Å²) in [5.74, 6) is 1.29. The van der Waals surface area contributed by atoms with E-state index in [0.717, 1.165) is 32.1 Å². The van der Waals surface area contributed by atoms with Gasteiger partial charge >= 0.3 is 17.9 Å². The van der Waals surface area contributed by atoms with Gasteiger partial charge in [-0.3, -0.25) is 14.4 Å². The molecule has 0 radical (unpaired) electrons. The van der Waals surface area contributed by atoms with Gasteiger partial charge in [0.25, 0.3) is 0 Å². The number of anilines is 1. The third kappa shape index (κ3) is 6.20. The number of allylic oxidation sites excluding steroid dienone is 1. The van der Waals surface area contributed by atoms with Crippen LogP contribution in [0.25, 0.3) is 0 Å². The molecule has 6 rings (SSSR count). The Bertz CT molecular complexity index is 1510. The lowest BCUT2D eigenvalue weighted by Crippen LogP contribution is -2.66. The number of esters is 2. The second-order valence-electron chi connectivity index (χ2n) is 19.3. The summed E-state index contributed by atoms with van der Waals surface area (Å²) in [4.78, 5) is 37.4. The Morgan fingerprint density at radius 3 is 2.35 bits per heavy atom. The van der Waals surface area contributed by atoms with Crippen LogP contribution in [0.2, 0.25) is 0 Å². The summed E-state index contributed by atoms with van der Waals surface area (Å²) in [6.07, 6.45) is 11.8. The maximum absolute atomic E-state index is 13.1. The average molecular weight is 710 g/mol. The second-order valence-corrected chi connectivity index (χ2v) is 19.3. The van der Waals surface area contributed by atoms with E-state index >= 15 is 0 Å². The summed E-state index contributed by atoms with van der Waals surface area (Å²) in [5.41, 5.74) is 0.620. The van der Waals surface area contributed by atoms with Crippen molar-refractivity contribution < 1.29 is 29.0 Å². The number of H-pyrrole nitrogens is 1. The van der Waals surface area contributed by atoms with Gasteiger partial charge in [-0.15, -0.1) is 0 Å². The van der Waals surface area contributed by atoms with Crippen LogP contribution < -0.4 is 5.32 Å². The number of carboxylic acid groups (broad SMARTS) is 1. The molecular weight excluding hydrogens is 646 g/mol. The summed E-state index contributed by atoms with van der Waals surface area (Å²) in [6.45, 7) is 22.8. The van der Waals surface area contributed by atoms with Crippen molar-refractivity contribution >= 4 is 23.9 Å². The first kappa shape index (κ1) is 37.8. The monoisotopic (exact) mass is 709 g/mol. The van der Waals surface area contributed by atoms with E-state index < -0.39 is 17.4 Å². The first-order chi connectivity index (χ1) is 23.8. The summed E-state index contributed by atoms with van der Waals surface area (Å²) in [6, 6.07) is 0. The lowest BCUT2D eigenvalue weighted by molar-refractivity contribution is -0.251. The number of hydrogen-bond donors (Lipinski definition) is 3. The molecule has 0 aromatic carbocycles. The van der Waals surface area contributed by atoms with Crippen molar-refractivity contribution in [1.82, 2.24) is 20.6 Å². The Morgan fingerprint density at radius 2 is 1.69 bits per heavy atom. The quantitative estimate of drug-likeness (QED) is 0.154. The van der Waals surface area contributed by atoms with E-state index in [1.807, 2.05) is 0 Å². The van der Waals surface area contributed by atoms with E-state index in [1.54, 1.807) is 13.8 Å². The van der Waals surface area contributed by atoms with Gasteiger partial charge in [0, 0.05) is 5.41 Å². The van der Waals surface area contributed by atoms with Crippen LogP contribution in [0.5, 0.6) is 0 Å². The third-order valence-electron chi connectivity index (χ3n) is 16.2. The summed E-state index contributed by atoms with van der Waals surface area (Å²) >= 11 is 0. The number of aromatic amines is 1. The predicted molar refractivity (Wildman–Crippen MR) is 193 cm³/mol. The van der Waals surface area contributed by atoms with Gasteiger partial charge < -0.3 is 19.9 Å². The number of carbonyl (C=O) groups excluding carboxylic acids is 2. The van der Waals surface area contributed by atoms with Crippen LogP contribution in [0.15, 0.2) is 12.2 Å². The van der Waals surface area contributed by atoms with Crippen molar-refractivity contribution in [3.05, 3.63) is 12.2 Å². The largest absolute Gasteiger partial charge is 0.481 e. The van der Waals surface area contributed by atoms with Gasteiger partial charge in [0.05, 0.1) is 18.4 Å². The molecule has 5 aliphatic rings. The number of aliphatic carboxylic acids is 1.